The van der Waals surface area contributed by atoms with Crippen molar-refractivity contribution in [3.05, 3.63) is 71.0 Å². The Bertz CT molecular complexity index is 1190. The van der Waals surface area contributed by atoms with Crippen molar-refractivity contribution >= 4 is 29.1 Å². The summed E-state index contributed by atoms with van der Waals surface area (Å²) in [7, 11) is 0. The van der Waals surface area contributed by atoms with Gasteiger partial charge in [0.25, 0.3) is 5.91 Å². The fourth-order valence-electron chi connectivity index (χ4n) is 4.79. The number of benzene rings is 2. The second-order valence-electron chi connectivity index (χ2n) is 8.79. The summed E-state index contributed by atoms with van der Waals surface area (Å²) in [6.45, 7) is 3.32. The summed E-state index contributed by atoms with van der Waals surface area (Å²) in [5.74, 6) is 0.724. The molecule has 1 amide bonds. The van der Waals surface area contributed by atoms with E-state index in [4.69, 9.17) is 16.3 Å². The average Bonchev–Trinajstić information content (AvgIpc) is 3.55. The Hall–Kier alpha value is -2.96. The number of morpholine rings is 1. The molecule has 0 atom stereocenters. The predicted octanol–water partition coefficient (Wildman–Crippen LogP) is 4.45. The second-order valence-corrected chi connectivity index (χ2v) is 9.22. The molecule has 3 aliphatic rings. The number of hydrogen-bond acceptors (Lipinski definition) is 5. The molecular formula is C25H23ClN4O2. The van der Waals surface area contributed by atoms with Gasteiger partial charge in [-0.25, -0.2) is 9.97 Å². The largest absolute Gasteiger partial charge is 0.378 e. The molecule has 162 valence electrons. The van der Waals surface area contributed by atoms with Crippen LogP contribution in [0.2, 0.25) is 5.02 Å². The summed E-state index contributed by atoms with van der Waals surface area (Å²) in [5, 5.41) is 0.688. The third kappa shape index (κ3) is 3.34. The molecule has 0 bridgehead atoms. The minimum absolute atomic E-state index is 0.0602. The SMILES string of the molecule is O=C(c1ccc2c(c1)N(c1ncc(-c3cccc(Cl)c3)cn1)CC21CC1)N1CCOCC1. The first-order valence-corrected chi connectivity index (χ1v) is 11.4. The van der Waals surface area contributed by atoms with Crippen LogP contribution < -0.4 is 4.90 Å². The summed E-state index contributed by atoms with van der Waals surface area (Å²) >= 11 is 6.13. The molecule has 6 nitrogen and oxygen atoms in total. The monoisotopic (exact) mass is 446 g/mol. The maximum atomic E-state index is 13.1. The molecule has 6 rings (SSSR count). The van der Waals surface area contributed by atoms with Crippen LogP contribution >= 0.6 is 11.6 Å². The van der Waals surface area contributed by atoms with Crippen LogP contribution in [0.3, 0.4) is 0 Å². The van der Waals surface area contributed by atoms with Gasteiger partial charge in [0.15, 0.2) is 0 Å². The van der Waals surface area contributed by atoms with E-state index in [-0.39, 0.29) is 11.3 Å². The lowest BCUT2D eigenvalue weighted by molar-refractivity contribution is 0.0303. The molecule has 2 aliphatic heterocycles. The highest BCUT2D eigenvalue weighted by Crippen LogP contribution is 2.57. The van der Waals surface area contributed by atoms with Crippen molar-refractivity contribution in [2.45, 2.75) is 18.3 Å². The lowest BCUT2D eigenvalue weighted by Gasteiger charge is -2.27. The topological polar surface area (TPSA) is 58.6 Å². The summed E-state index contributed by atoms with van der Waals surface area (Å²) in [6.07, 6.45) is 6.00. The maximum Gasteiger partial charge on any atom is 0.254 e. The Morgan fingerprint density at radius 2 is 1.78 bits per heavy atom. The van der Waals surface area contributed by atoms with Crippen molar-refractivity contribution in [3.63, 3.8) is 0 Å². The van der Waals surface area contributed by atoms with Gasteiger partial charge in [0, 0.05) is 59.3 Å². The van der Waals surface area contributed by atoms with Gasteiger partial charge in [-0.1, -0.05) is 29.8 Å². The number of ether oxygens (including phenoxy) is 1. The first-order chi connectivity index (χ1) is 15.6. The molecule has 0 N–H and O–H groups in total. The minimum atomic E-state index is 0.0602. The van der Waals surface area contributed by atoms with Gasteiger partial charge in [-0.15, -0.1) is 0 Å². The number of amides is 1. The van der Waals surface area contributed by atoms with Crippen molar-refractivity contribution in [2.24, 2.45) is 0 Å². The van der Waals surface area contributed by atoms with Gasteiger partial charge in [-0.2, -0.15) is 0 Å². The molecule has 0 unspecified atom stereocenters. The molecule has 1 spiro atoms. The van der Waals surface area contributed by atoms with Crippen molar-refractivity contribution in [1.82, 2.24) is 14.9 Å². The van der Waals surface area contributed by atoms with E-state index in [1.165, 1.54) is 5.56 Å². The minimum Gasteiger partial charge on any atom is -0.378 e. The lowest BCUT2D eigenvalue weighted by atomic mass is 9.97. The van der Waals surface area contributed by atoms with Crippen LogP contribution in [0.1, 0.15) is 28.8 Å². The van der Waals surface area contributed by atoms with Crippen molar-refractivity contribution in [1.29, 1.82) is 0 Å². The number of nitrogens with zero attached hydrogens (tertiary/aromatic N) is 4. The quantitative estimate of drug-likeness (QED) is 0.594. The predicted molar refractivity (Wildman–Crippen MR) is 124 cm³/mol. The molecule has 2 fully saturated rings. The van der Waals surface area contributed by atoms with E-state index >= 15 is 0 Å². The fraction of sp³-hybridized carbons (Fsp3) is 0.320. The molecule has 1 aliphatic carbocycles. The molecule has 3 heterocycles. The van der Waals surface area contributed by atoms with E-state index < -0.39 is 0 Å². The Morgan fingerprint density at radius 3 is 2.50 bits per heavy atom. The van der Waals surface area contributed by atoms with Crippen LogP contribution in [0, 0.1) is 0 Å². The first-order valence-electron chi connectivity index (χ1n) is 11.0. The van der Waals surface area contributed by atoms with E-state index in [1.807, 2.05) is 53.7 Å². The Morgan fingerprint density at radius 1 is 1.00 bits per heavy atom. The van der Waals surface area contributed by atoms with E-state index in [1.54, 1.807) is 0 Å². The molecule has 2 aromatic carbocycles. The van der Waals surface area contributed by atoms with E-state index in [0.29, 0.717) is 42.8 Å². The van der Waals surface area contributed by atoms with Crippen LogP contribution in [0.15, 0.2) is 54.9 Å². The maximum absolute atomic E-state index is 13.1. The van der Waals surface area contributed by atoms with Crippen molar-refractivity contribution in [3.8, 4) is 11.1 Å². The van der Waals surface area contributed by atoms with Crippen LogP contribution in [-0.4, -0.2) is 53.6 Å². The zero-order valence-corrected chi connectivity index (χ0v) is 18.4. The van der Waals surface area contributed by atoms with Crippen LogP contribution in [0.25, 0.3) is 11.1 Å². The van der Waals surface area contributed by atoms with E-state index in [2.05, 4.69) is 20.9 Å². The van der Waals surface area contributed by atoms with Crippen LogP contribution in [-0.2, 0) is 10.2 Å². The molecular weight excluding hydrogens is 424 g/mol. The molecule has 7 heteroatoms. The van der Waals surface area contributed by atoms with Gasteiger partial charge in [0.2, 0.25) is 5.95 Å². The summed E-state index contributed by atoms with van der Waals surface area (Å²) in [4.78, 5) is 26.5. The summed E-state index contributed by atoms with van der Waals surface area (Å²) in [5.41, 5.74) is 5.15. The highest BCUT2D eigenvalue weighted by Gasteiger charge is 2.52. The second kappa shape index (κ2) is 7.57. The molecule has 0 radical (unpaired) electrons. The van der Waals surface area contributed by atoms with Crippen molar-refractivity contribution in [2.75, 3.05) is 37.7 Å². The van der Waals surface area contributed by atoms with Gasteiger partial charge in [0.1, 0.15) is 0 Å². The number of aromatic nitrogens is 2. The molecule has 1 saturated heterocycles. The summed E-state index contributed by atoms with van der Waals surface area (Å²) in [6, 6.07) is 13.8. The standard InChI is InChI=1S/C25H23ClN4O2/c26-20-3-1-2-17(12-20)19-14-27-24(28-15-19)30-16-25(6-7-25)21-5-4-18(13-22(21)30)23(31)29-8-10-32-11-9-29/h1-5,12-15H,6-11,16H2. The fourth-order valence-corrected chi connectivity index (χ4v) is 4.98. The number of hydrogen-bond donors (Lipinski definition) is 0. The number of carbonyl (C=O) groups is 1. The zero-order valence-electron chi connectivity index (χ0n) is 17.6. The highest BCUT2D eigenvalue weighted by atomic mass is 35.5. The van der Waals surface area contributed by atoms with Gasteiger partial charge < -0.3 is 14.5 Å². The molecule has 1 saturated carbocycles. The Balaban J connectivity index is 1.32. The molecule has 3 aromatic rings. The van der Waals surface area contributed by atoms with Crippen LogP contribution in [0.4, 0.5) is 11.6 Å². The summed E-state index contributed by atoms with van der Waals surface area (Å²) < 4.78 is 5.39. The molecule has 1 aromatic heterocycles. The lowest BCUT2D eigenvalue weighted by Crippen LogP contribution is -2.40. The van der Waals surface area contributed by atoms with Gasteiger partial charge in [-0.05, 0) is 48.2 Å². The number of carbonyl (C=O) groups excluding carboxylic acids is 1. The first kappa shape index (κ1) is 19.7. The highest BCUT2D eigenvalue weighted by molar-refractivity contribution is 6.30. The number of fused-ring (bicyclic) bond motifs is 2. The van der Waals surface area contributed by atoms with Gasteiger partial charge in [0.05, 0.1) is 13.2 Å². The Labute approximate surface area is 191 Å². The third-order valence-corrected chi connectivity index (χ3v) is 6.99. The van der Waals surface area contributed by atoms with Crippen molar-refractivity contribution < 1.29 is 9.53 Å². The average molecular weight is 447 g/mol. The number of halogens is 1. The van der Waals surface area contributed by atoms with E-state index in [9.17, 15) is 4.79 Å². The van der Waals surface area contributed by atoms with Crippen LogP contribution in [0.5, 0.6) is 0 Å². The smallest absolute Gasteiger partial charge is 0.254 e. The zero-order chi connectivity index (χ0) is 21.7. The third-order valence-electron chi connectivity index (χ3n) is 6.76. The van der Waals surface area contributed by atoms with Gasteiger partial charge >= 0.3 is 0 Å². The normalized spacial score (nSPS) is 18.7. The van der Waals surface area contributed by atoms with E-state index in [0.717, 1.165) is 36.2 Å². The Kier molecular flexibility index (Phi) is 4.66. The number of rotatable bonds is 3. The molecule has 32 heavy (non-hydrogen) atoms. The van der Waals surface area contributed by atoms with Gasteiger partial charge in [-0.3, -0.25) is 4.79 Å². The number of anilines is 2.